The molecule has 128 valence electrons. The Bertz CT molecular complexity index is 526. The van der Waals surface area contributed by atoms with E-state index < -0.39 is 0 Å². The van der Waals surface area contributed by atoms with Gasteiger partial charge in [0.05, 0.1) is 19.7 Å². The Labute approximate surface area is 138 Å². The maximum atomic E-state index is 12.1. The predicted molar refractivity (Wildman–Crippen MR) is 91.5 cm³/mol. The fourth-order valence-corrected chi connectivity index (χ4v) is 2.35. The summed E-state index contributed by atoms with van der Waals surface area (Å²) in [5, 5.41) is 5.73. The van der Waals surface area contributed by atoms with E-state index >= 15 is 0 Å². The summed E-state index contributed by atoms with van der Waals surface area (Å²) in [6, 6.07) is 5.82. The third-order valence-corrected chi connectivity index (χ3v) is 3.40. The first-order chi connectivity index (χ1) is 10.8. The smallest absolute Gasteiger partial charge is 0.238 e. The molecule has 0 saturated carbocycles. The van der Waals surface area contributed by atoms with Crippen LogP contribution in [0.4, 0.5) is 5.69 Å². The number of nitrogens with one attached hydrogen (secondary N) is 2. The molecule has 0 bridgehead atoms. The molecule has 0 aliphatic carbocycles. The molecule has 0 aliphatic rings. The summed E-state index contributed by atoms with van der Waals surface area (Å²) in [5.41, 5.74) is 2.88. The summed E-state index contributed by atoms with van der Waals surface area (Å²) in [4.78, 5) is 25.7. The number of para-hydroxylation sites is 1. The average molecular weight is 321 g/mol. The fraction of sp³-hybridized carbons (Fsp3) is 0.529. The van der Waals surface area contributed by atoms with Gasteiger partial charge in [-0.25, -0.2) is 0 Å². The lowest BCUT2D eigenvalue weighted by atomic mass is 10.1. The van der Waals surface area contributed by atoms with Crippen LogP contribution in [0.1, 0.15) is 18.1 Å². The van der Waals surface area contributed by atoms with E-state index in [0.717, 1.165) is 16.8 Å². The second-order valence-electron chi connectivity index (χ2n) is 5.91. The summed E-state index contributed by atoms with van der Waals surface area (Å²) in [6.07, 6.45) is 0. The van der Waals surface area contributed by atoms with Crippen LogP contribution in [0.15, 0.2) is 18.2 Å². The Balaban J connectivity index is 2.46. The molecule has 0 radical (unpaired) electrons. The van der Waals surface area contributed by atoms with Crippen molar-refractivity contribution in [2.45, 2.75) is 26.8 Å². The Hall–Kier alpha value is -1.92. The van der Waals surface area contributed by atoms with Gasteiger partial charge < -0.3 is 15.4 Å². The Morgan fingerprint density at radius 1 is 1.17 bits per heavy atom. The van der Waals surface area contributed by atoms with E-state index in [2.05, 4.69) is 10.6 Å². The van der Waals surface area contributed by atoms with E-state index in [9.17, 15) is 9.59 Å². The summed E-state index contributed by atoms with van der Waals surface area (Å²) >= 11 is 0. The van der Waals surface area contributed by atoms with Gasteiger partial charge in [-0.15, -0.1) is 0 Å². The highest BCUT2D eigenvalue weighted by atomic mass is 16.5. The zero-order valence-corrected chi connectivity index (χ0v) is 14.6. The van der Waals surface area contributed by atoms with Crippen LogP contribution in [-0.4, -0.2) is 56.6 Å². The SMILES string of the molecule is COC[C@@H](C)NC(=O)CN(C)CC(=O)Nc1c(C)cccc1C. The van der Waals surface area contributed by atoms with Gasteiger partial charge in [0.2, 0.25) is 11.8 Å². The number of anilines is 1. The molecule has 1 atom stereocenters. The van der Waals surface area contributed by atoms with Gasteiger partial charge in [0.1, 0.15) is 0 Å². The number of aryl methyl sites for hydroxylation is 2. The van der Waals surface area contributed by atoms with E-state index in [4.69, 9.17) is 4.74 Å². The van der Waals surface area contributed by atoms with Crippen LogP contribution in [0.2, 0.25) is 0 Å². The lowest BCUT2D eigenvalue weighted by Gasteiger charge is -2.19. The molecule has 0 aromatic heterocycles. The van der Waals surface area contributed by atoms with Gasteiger partial charge in [0.25, 0.3) is 0 Å². The van der Waals surface area contributed by atoms with Gasteiger partial charge in [-0.2, -0.15) is 0 Å². The van der Waals surface area contributed by atoms with Gasteiger partial charge in [-0.3, -0.25) is 14.5 Å². The van der Waals surface area contributed by atoms with E-state index in [1.807, 2.05) is 39.0 Å². The Kier molecular flexibility index (Phi) is 7.71. The van der Waals surface area contributed by atoms with E-state index in [0.29, 0.717) is 6.61 Å². The molecule has 1 rings (SSSR count). The Morgan fingerprint density at radius 3 is 2.30 bits per heavy atom. The lowest BCUT2D eigenvalue weighted by Crippen LogP contribution is -2.43. The number of methoxy groups -OCH3 is 1. The van der Waals surface area contributed by atoms with Gasteiger partial charge in [0, 0.05) is 18.8 Å². The number of rotatable bonds is 8. The second kappa shape index (κ2) is 9.27. The van der Waals surface area contributed by atoms with Crippen molar-refractivity contribution in [1.82, 2.24) is 10.2 Å². The lowest BCUT2D eigenvalue weighted by molar-refractivity contribution is -0.123. The fourth-order valence-electron chi connectivity index (χ4n) is 2.35. The predicted octanol–water partition coefficient (Wildman–Crippen LogP) is 1.32. The van der Waals surface area contributed by atoms with Crippen LogP contribution < -0.4 is 10.6 Å². The first-order valence-electron chi connectivity index (χ1n) is 7.66. The Morgan fingerprint density at radius 2 is 1.74 bits per heavy atom. The molecule has 6 heteroatoms. The first-order valence-corrected chi connectivity index (χ1v) is 7.66. The molecule has 0 spiro atoms. The van der Waals surface area contributed by atoms with Crippen molar-refractivity contribution in [3.63, 3.8) is 0 Å². The average Bonchev–Trinajstić information content (AvgIpc) is 2.42. The van der Waals surface area contributed by atoms with Crippen LogP contribution in [-0.2, 0) is 14.3 Å². The maximum absolute atomic E-state index is 12.1. The highest BCUT2D eigenvalue weighted by Gasteiger charge is 2.14. The van der Waals surface area contributed by atoms with Crippen LogP contribution in [0, 0.1) is 13.8 Å². The van der Waals surface area contributed by atoms with Crippen LogP contribution in [0.25, 0.3) is 0 Å². The molecule has 2 amide bonds. The zero-order valence-electron chi connectivity index (χ0n) is 14.6. The molecule has 1 aromatic rings. The number of carbonyl (C=O) groups is 2. The van der Waals surface area contributed by atoms with Crippen molar-refractivity contribution in [3.8, 4) is 0 Å². The molecule has 23 heavy (non-hydrogen) atoms. The van der Waals surface area contributed by atoms with Crippen molar-refractivity contribution < 1.29 is 14.3 Å². The minimum Gasteiger partial charge on any atom is -0.383 e. The first kappa shape index (κ1) is 19.1. The molecule has 0 heterocycles. The molecular formula is C17H27N3O3. The summed E-state index contributed by atoms with van der Waals surface area (Å²) in [5.74, 6) is -0.264. The third-order valence-electron chi connectivity index (χ3n) is 3.40. The maximum Gasteiger partial charge on any atom is 0.238 e. The van der Waals surface area contributed by atoms with Gasteiger partial charge in [-0.1, -0.05) is 18.2 Å². The summed E-state index contributed by atoms with van der Waals surface area (Å²) in [7, 11) is 3.33. The van der Waals surface area contributed by atoms with Crippen molar-refractivity contribution in [3.05, 3.63) is 29.3 Å². The van der Waals surface area contributed by atoms with Crippen molar-refractivity contribution in [1.29, 1.82) is 0 Å². The number of nitrogens with zero attached hydrogens (tertiary/aromatic N) is 1. The highest BCUT2D eigenvalue weighted by molar-refractivity contribution is 5.94. The second-order valence-corrected chi connectivity index (χ2v) is 5.91. The third kappa shape index (κ3) is 6.80. The molecular weight excluding hydrogens is 294 g/mol. The van der Waals surface area contributed by atoms with Crippen molar-refractivity contribution >= 4 is 17.5 Å². The molecule has 0 unspecified atom stereocenters. The van der Waals surface area contributed by atoms with Crippen LogP contribution >= 0.6 is 0 Å². The normalized spacial score (nSPS) is 12.1. The van der Waals surface area contributed by atoms with Crippen LogP contribution in [0.5, 0.6) is 0 Å². The topological polar surface area (TPSA) is 70.7 Å². The minimum atomic E-state index is -0.136. The molecule has 0 fully saturated rings. The van der Waals surface area contributed by atoms with Crippen molar-refractivity contribution in [2.24, 2.45) is 0 Å². The van der Waals surface area contributed by atoms with E-state index in [-0.39, 0.29) is 30.9 Å². The number of ether oxygens (including phenoxy) is 1. The van der Waals surface area contributed by atoms with Gasteiger partial charge in [0.15, 0.2) is 0 Å². The number of benzene rings is 1. The molecule has 6 nitrogen and oxygen atoms in total. The minimum absolute atomic E-state index is 0.0515. The standard InChI is InChI=1S/C17H27N3O3/c1-12-7-6-8-13(2)17(12)19-16(22)10-20(4)9-15(21)18-14(3)11-23-5/h6-8,14H,9-11H2,1-5H3,(H,18,21)(H,19,22)/t14-/m1/s1. The number of hydrogen-bond acceptors (Lipinski definition) is 4. The highest BCUT2D eigenvalue weighted by Crippen LogP contribution is 2.19. The van der Waals surface area contributed by atoms with Crippen LogP contribution in [0.3, 0.4) is 0 Å². The number of hydrogen-bond donors (Lipinski definition) is 2. The number of likely N-dealkylation sites (N-methyl/N-ethyl adjacent to an activating group) is 1. The van der Waals surface area contributed by atoms with Gasteiger partial charge >= 0.3 is 0 Å². The van der Waals surface area contributed by atoms with Gasteiger partial charge in [-0.05, 0) is 38.9 Å². The largest absolute Gasteiger partial charge is 0.383 e. The zero-order chi connectivity index (χ0) is 17.4. The summed E-state index contributed by atoms with van der Waals surface area (Å²) < 4.78 is 4.97. The number of amides is 2. The molecule has 0 aliphatic heterocycles. The van der Waals surface area contributed by atoms with E-state index in [1.54, 1.807) is 19.1 Å². The number of carbonyl (C=O) groups excluding carboxylic acids is 2. The molecule has 2 N–H and O–H groups in total. The monoisotopic (exact) mass is 321 g/mol. The quantitative estimate of drug-likeness (QED) is 0.758. The summed E-state index contributed by atoms with van der Waals surface area (Å²) in [6.45, 7) is 6.56. The van der Waals surface area contributed by atoms with Crippen molar-refractivity contribution in [2.75, 3.05) is 39.2 Å². The molecule has 1 aromatic carbocycles. The van der Waals surface area contributed by atoms with E-state index in [1.165, 1.54) is 0 Å². The molecule has 0 saturated heterocycles.